The number of rotatable bonds is 4. The number of hydrogen-bond donors (Lipinski definition) is 2. The van der Waals surface area contributed by atoms with Crippen LogP contribution in [-0.2, 0) is 0 Å². The van der Waals surface area contributed by atoms with Crippen LogP contribution in [-0.4, -0.2) is 22.6 Å². The summed E-state index contributed by atoms with van der Waals surface area (Å²) in [6.07, 6.45) is 1.19. The second-order valence-corrected chi connectivity index (χ2v) is 4.58. The lowest BCUT2D eigenvalue weighted by atomic mass is 10.2. The molecule has 0 aromatic carbocycles. The number of aromatic carboxylic acids is 1. The van der Waals surface area contributed by atoms with E-state index in [1.807, 2.05) is 0 Å². The average Bonchev–Trinajstić information content (AvgIpc) is 2.91. The summed E-state index contributed by atoms with van der Waals surface area (Å²) in [4.78, 5) is 14.9. The van der Waals surface area contributed by atoms with Gasteiger partial charge < -0.3 is 10.4 Å². The molecule has 1 fully saturated rings. The maximum atomic E-state index is 10.9. The Morgan fingerprint density at radius 2 is 2.38 bits per heavy atom. The van der Waals surface area contributed by atoms with Crippen molar-refractivity contribution in [2.45, 2.75) is 13.3 Å². The molecule has 86 valence electrons. The third kappa shape index (κ3) is 2.44. The van der Waals surface area contributed by atoms with Gasteiger partial charge in [0, 0.05) is 6.54 Å². The first-order chi connectivity index (χ1) is 7.58. The molecule has 0 amide bonds. The fraction of sp³-hybridized carbons (Fsp3) is 0.455. The van der Waals surface area contributed by atoms with Crippen molar-refractivity contribution in [2.75, 3.05) is 11.9 Å². The van der Waals surface area contributed by atoms with E-state index >= 15 is 0 Å². The van der Waals surface area contributed by atoms with Crippen molar-refractivity contribution in [1.29, 1.82) is 0 Å². The van der Waals surface area contributed by atoms with E-state index in [1.165, 1.54) is 18.6 Å². The van der Waals surface area contributed by atoms with Crippen molar-refractivity contribution in [3.8, 4) is 0 Å². The molecule has 1 aromatic heterocycles. The Bertz CT molecular complexity index is 422. The summed E-state index contributed by atoms with van der Waals surface area (Å²) < 4.78 is 0. The van der Waals surface area contributed by atoms with Gasteiger partial charge in [-0.15, -0.1) is 0 Å². The van der Waals surface area contributed by atoms with Crippen LogP contribution in [0.5, 0.6) is 0 Å². The zero-order valence-corrected chi connectivity index (χ0v) is 9.66. The van der Waals surface area contributed by atoms with Gasteiger partial charge in [-0.1, -0.05) is 18.5 Å². The monoisotopic (exact) mass is 240 g/mol. The number of anilines is 1. The molecule has 2 rings (SSSR count). The van der Waals surface area contributed by atoms with Crippen LogP contribution in [0.25, 0.3) is 0 Å². The second-order valence-electron chi connectivity index (χ2n) is 4.19. The van der Waals surface area contributed by atoms with Crippen LogP contribution in [0.1, 0.15) is 23.7 Å². The summed E-state index contributed by atoms with van der Waals surface area (Å²) in [6, 6.07) is 2.95. The molecule has 1 aliphatic carbocycles. The fourth-order valence-corrected chi connectivity index (χ4v) is 1.80. The average molecular weight is 241 g/mol. The smallest absolute Gasteiger partial charge is 0.339 e. The Labute approximate surface area is 98.6 Å². The van der Waals surface area contributed by atoms with Crippen LogP contribution in [0.4, 0.5) is 5.82 Å². The molecule has 2 atom stereocenters. The molecule has 1 aromatic rings. The SMILES string of the molecule is CC1CC1CNc1nc(Cl)ccc1C(=O)O. The maximum Gasteiger partial charge on any atom is 0.339 e. The van der Waals surface area contributed by atoms with Gasteiger partial charge in [0.15, 0.2) is 0 Å². The summed E-state index contributed by atoms with van der Waals surface area (Å²) in [5.74, 6) is 0.719. The highest BCUT2D eigenvalue weighted by Gasteiger charge is 2.32. The number of pyridine rings is 1. The molecule has 1 aliphatic rings. The third-order valence-corrected chi connectivity index (χ3v) is 3.11. The molecular weight excluding hydrogens is 228 g/mol. The first kappa shape index (κ1) is 11.2. The van der Waals surface area contributed by atoms with E-state index in [-0.39, 0.29) is 5.56 Å². The third-order valence-electron chi connectivity index (χ3n) is 2.90. The highest BCUT2D eigenvalue weighted by Crippen LogP contribution is 2.37. The Morgan fingerprint density at radius 1 is 1.69 bits per heavy atom. The number of nitrogens with one attached hydrogen (secondary N) is 1. The number of carboxylic acid groups (broad SMARTS) is 1. The van der Waals surface area contributed by atoms with Crippen LogP contribution in [0.15, 0.2) is 12.1 Å². The van der Waals surface area contributed by atoms with Crippen molar-refractivity contribution >= 4 is 23.4 Å². The molecule has 4 nitrogen and oxygen atoms in total. The van der Waals surface area contributed by atoms with E-state index in [1.54, 1.807) is 0 Å². The molecule has 0 radical (unpaired) electrons. The van der Waals surface area contributed by atoms with Crippen molar-refractivity contribution in [3.63, 3.8) is 0 Å². The molecule has 1 saturated carbocycles. The summed E-state index contributed by atoms with van der Waals surface area (Å²) in [6.45, 7) is 2.94. The lowest BCUT2D eigenvalue weighted by molar-refractivity contribution is 0.0697. The van der Waals surface area contributed by atoms with Crippen LogP contribution in [0.2, 0.25) is 5.15 Å². The largest absolute Gasteiger partial charge is 0.478 e. The van der Waals surface area contributed by atoms with Crippen LogP contribution < -0.4 is 5.32 Å². The summed E-state index contributed by atoms with van der Waals surface area (Å²) in [5.41, 5.74) is 0.165. The Kier molecular flexibility index (Phi) is 3.01. The Morgan fingerprint density at radius 3 is 2.94 bits per heavy atom. The molecule has 0 bridgehead atoms. The molecule has 2 N–H and O–H groups in total. The van der Waals surface area contributed by atoms with Crippen molar-refractivity contribution < 1.29 is 9.90 Å². The van der Waals surface area contributed by atoms with Gasteiger partial charge in [-0.05, 0) is 30.4 Å². The predicted molar refractivity (Wildman–Crippen MR) is 62.0 cm³/mol. The van der Waals surface area contributed by atoms with E-state index < -0.39 is 5.97 Å². The standard InChI is InChI=1S/C11H13ClN2O2/c1-6-4-7(6)5-13-10-8(11(15)16)2-3-9(12)14-10/h2-3,6-7H,4-5H2,1H3,(H,13,14)(H,15,16). The minimum absolute atomic E-state index is 0.165. The number of halogens is 1. The van der Waals surface area contributed by atoms with Gasteiger partial charge in [0.05, 0.1) is 0 Å². The lowest BCUT2D eigenvalue weighted by Crippen LogP contribution is -2.11. The van der Waals surface area contributed by atoms with Crippen molar-refractivity contribution in [3.05, 3.63) is 22.8 Å². The highest BCUT2D eigenvalue weighted by atomic mass is 35.5. The molecule has 16 heavy (non-hydrogen) atoms. The van der Waals surface area contributed by atoms with E-state index in [0.717, 1.165) is 12.5 Å². The zero-order chi connectivity index (χ0) is 11.7. The summed E-state index contributed by atoms with van der Waals surface area (Å²) in [5, 5.41) is 12.3. The van der Waals surface area contributed by atoms with Gasteiger partial charge in [0.25, 0.3) is 0 Å². The van der Waals surface area contributed by atoms with Gasteiger partial charge in [-0.2, -0.15) is 0 Å². The normalized spacial score (nSPS) is 22.9. The molecule has 0 spiro atoms. The predicted octanol–water partition coefficient (Wildman–Crippen LogP) is 2.50. The van der Waals surface area contributed by atoms with E-state index in [2.05, 4.69) is 17.2 Å². The first-order valence-corrected chi connectivity index (χ1v) is 5.59. The van der Waals surface area contributed by atoms with Gasteiger partial charge in [0.1, 0.15) is 16.5 Å². The van der Waals surface area contributed by atoms with Gasteiger partial charge in [0.2, 0.25) is 0 Å². The molecule has 0 saturated heterocycles. The summed E-state index contributed by atoms with van der Waals surface area (Å²) in [7, 11) is 0. The summed E-state index contributed by atoms with van der Waals surface area (Å²) >= 11 is 5.74. The number of carbonyl (C=O) groups is 1. The van der Waals surface area contributed by atoms with Gasteiger partial charge >= 0.3 is 5.97 Å². The highest BCUT2D eigenvalue weighted by molar-refractivity contribution is 6.29. The number of nitrogens with zero attached hydrogens (tertiary/aromatic N) is 1. The maximum absolute atomic E-state index is 10.9. The van der Waals surface area contributed by atoms with Crippen molar-refractivity contribution in [2.24, 2.45) is 11.8 Å². The minimum atomic E-state index is -0.990. The van der Waals surface area contributed by atoms with Gasteiger partial charge in [-0.3, -0.25) is 0 Å². The van der Waals surface area contributed by atoms with E-state index in [9.17, 15) is 4.79 Å². The van der Waals surface area contributed by atoms with Crippen LogP contribution in [0.3, 0.4) is 0 Å². The number of carboxylic acids is 1. The molecular formula is C11H13ClN2O2. The second kappa shape index (κ2) is 4.29. The molecule has 2 unspecified atom stereocenters. The van der Waals surface area contributed by atoms with Crippen LogP contribution >= 0.6 is 11.6 Å². The quantitative estimate of drug-likeness (QED) is 0.794. The fourth-order valence-electron chi connectivity index (χ4n) is 1.65. The molecule has 0 aliphatic heterocycles. The molecule has 1 heterocycles. The topological polar surface area (TPSA) is 62.2 Å². The van der Waals surface area contributed by atoms with Crippen LogP contribution in [0, 0.1) is 11.8 Å². The minimum Gasteiger partial charge on any atom is -0.478 e. The van der Waals surface area contributed by atoms with E-state index in [4.69, 9.17) is 16.7 Å². The Balaban J connectivity index is 2.10. The number of hydrogen-bond acceptors (Lipinski definition) is 3. The zero-order valence-electron chi connectivity index (χ0n) is 8.90. The first-order valence-electron chi connectivity index (χ1n) is 5.21. The van der Waals surface area contributed by atoms with Crippen molar-refractivity contribution in [1.82, 2.24) is 4.98 Å². The Hall–Kier alpha value is -1.29. The van der Waals surface area contributed by atoms with E-state index in [0.29, 0.717) is 16.9 Å². The lowest BCUT2D eigenvalue weighted by Gasteiger charge is -2.08. The molecule has 5 heteroatoms. The number of aromatic nitrogens is 1. The van der Waals surface area contributed by atoms with Gasteiger partial charge in [-0.25, -0.2) is 9.78 Å².